The van der Waals surface area contributed by atoms with E-state index in [0.717, 1.165) is 32.0 Å². The Morgan fingerprint density at radius 2 is 1.94 bits per heavy atom. The lowest BCUT2D eigenvalue weighted by Crippen LogP contribution is -2.28. The van der Waals surface area contributed by atoms with Crippen molar-refractivity contribution in [2.45, 2.75) is 25.9 Å². The van der Waals surface area contributed by atoms with E-state index in [4.69, 9.17) is 4.74 Å². The Morgan fingerprint density at radius 1 is 1.22 bits per heavy atom. The summed E-state index contributed by atoms with van der Waals surface area (Å²) < 4.78 is 18.8. The summed E-state index contributed by atoms with van der Waals surface area (Å²) in [5.74, 6) is 0.603. The summed E-state index contributed by atoms with van der Waals surface area (Å²) in [4.78, 5) is 0. The minimum Gasteiger partial charge on any atom is -0.377 e. The van der Waals surface area contributed by atoms with Gasteiger partial charge in [0, 0.05) is 12.2 Å². The number of nitrogens with one attached hydrogen (secondary N) is 1. The van der Waals surface area contributed by atoms with Crippen LogP contribution in [0.25, 0.3) is 0 Å². The molecule has 4 heteroatoms. The van der Waals surface area contributed by atoms with Crippen molar-refractivity contribution in [2.75, 3.05) is 19.7 Å². The van der Waals surface area contributed by atoms with Crippen LogP contribution in [0.3, 0.4) is 0 Å². The van der Waals surface area contributed by atoms with E-state index in [0.29, 0.717) is 12.2 Å². The number of benzene rings is 1. The molecular weight excluding hydrogens is 253 g/mol. The number of hydrogen-bond donors (Lipinski definition) is 1. The van der Waals surface area contributed by atoms with E-state index >= 15 is 0 Å². The highest BCUT2D eigenvalue weighted by Crippen LogP contribution is 2.16. The fourth-order valence-corrected chi connectivity index (χ4v) is 2.22. The Bertz CT molecular complexity index is 342. The van der Waals surface area contributed by atoms with Crippen molar-refractivity contribution >= 4 is 12.4 Å². The normalized spacial score (nSPS) is 16.3. The molecule has 0 radical (unpaired) electrons. The molecule has 1 aliphatic rings. The molecule has 102 valence electrons. The molecule has 0 spiro atoms. The van der Waals surface area contributed by atoms with Crippen LogP contribution in [0.5, 0.6) is 0 Å². The van der Waals surface area contributed by atoms with Gasteiger partial charge in [0.05, 0.1) is 6.61 Å². The van der Waals surface area contributed by atoms with Crippen molar-refractivity contribution in [3.8, 4) is 0 Å². The Labute approximate surface area is 114 Å². The summed E-state index contributed by atoms with van der Waals surface area (Å²) in [6.07, 6.45) is 3.57. The van der Waals surface area contributed by atoms with Crippen molar-refractivity contribution in [1.82, 2.24) is 5.32 Å². The van der Waals surface area contributed by atoms with Crippen LogP contribution in [0.4, 0.5) is 4.39 Å². The van der Waals surface area contributed by atoms with Gasteiger partial charge in [-0.25, -0.2) is 4.39 Å². The van der Waals surface area contributed by atoms with Crippen LogP contribution in [0.15, 0.2) is 24.3 Å². The maximum atomic E-state index is 13.3. The molecule has 1 aliphatic heterocycles. The predicted molar refractivity (Wildman–Crippen MR) is 73.5 cm³/mol. The van der Waals surface area contributed by atoms with Crippen LogP contribution in [0, 0.1) is 11.7 Å². The number of rotatable bonds is 5. The smallest absolute Gasteiger partial charge is 0.128 e. The van der Waals surface area contributed by atoms with Gasteiger partial charge in [-0.1, -0.05) is 18.2 Å². The van der Waals surface area contributed by atoms with Gasteiger partial charge >= 0.3 is 0 Å². The van der Waals surface area contributed by atoms with E-state index in [1.165, 1.54) is 18.9 Å². The number of piperidine rings is 1. The molecule has 0 atom stereocenters. The first-order chi connectivity index (χ1) is 8.36. The van der Waals surface area contributed by atoms with Crippen molar-refractivity contribution in [3.63, 3.8) is 0 Å². The second kappa shape index (κ2) is 8.46. The zero-order valence-electron chi connectivity index (χ0n) is 10.5. The molecule has 1 aromatic carbocycles. The highest BCUT2D eigenvalue weighted by Gasteiger charge is 2.12. The standard InChI is InChI=1S/C14H20FNO.ClH/c15-14-4-2-1-3-13(14)11-17-10-7-12-5-8-16-9-6-12;/h1-4,12,16H,5-11H2;1H. The Hall–Kier alpha value is -0.640. The lowest BCUT2D eigenvalue weighted by Gasteiger charge is -2.22. The number of halogens is 2. The molecule has 0 aromatic heterocycles. The topological polar surface area (TPSA) is 21.3 Å². The Balaban J connectivity index is 0.00000162. The van der Waals surface area contributed by atoms with Crippen LogP contribution in [0.1, 0.15) is 24.8 Å². The van der Waals surface area contributed by atoms with E-state index in [-0.39, 0.29) is 18.2 Å². The highest BCUT2D eigenvalue weighted by atomic mass is 35.5. The Kier molecular flexibility index (Phi) is 7.25. The molecule has 1 heterocycles. The summed E-state index contributed by atoms with van der Waals surface area (Å²) in [7, 11) is 0. The SMILES string of the molecule is Cl.Fc1ccccc1COCCC1CCNCC1. The van der Waals surface area contributed by atoms with Crippen LogP contribution in [-0.2, 0) is 11.3 Å². The number of ether oxygens (including phenoxy) is 1. The summed E-state index contributed by atoms with van der Waals surface area (Å²) in [5.41, 5.74) is 0.651. The van der Waals surface area contributed by atoms with Gasteiger partial charge in [-0.15, -0.1) is 12.4 Å². The van der Waals surface area contributed by atoms with E-state index in [1.807, 2.05) is 6.07 Å². The van der Waals surface area contributed by atoms with Gasteiger partial charge in [-0.05, 0) is 44.3 Å². The average molecular weight is 274 g/mol. The van der Waals surface area contributed by atoms with E-state index < -0.39 is 0 Å². The van der Waals surface area contributed by atoms with E-state index in [9.17, 15) is 4.39 Å². The summed E-state index contributed by atoms with van der Waals surface area (Å²) in [6, 6.07) is 6.80. The van der Waals surface area contributed by atoms with Gasteiger partial charge in [0.1, 0.15) is 5.82 Å². The van der Waals surface area contributed by atoms with Crippen molar-refractivity contribution in [2.24, 2.45) is 5.92 Å². The minimum atomic E-state index is -0.172. The van der Waals surface area contributed by atoms with Crippen molar-refractivity contribution in [1.29, 1.82) is 0 Å². The number of hydrogen-bond acceptors (Lipinski definition) is 2. The first-order valence-electron chi connectivity index (χ1n) is 6.38. The molecule has 2 nitrogen and oxygen atoms in total. The zero-order chi connectivity index (χ0) is 11.9. The fourth-order valence-electron chi connectivity index (χ4n) is 2.22. The molecule has 0 aliphatic carbocycles. The third-order valence-electron chi connectivity index (χ3n) is 3.34. The average Bonchev–Trinajstić information content (AvgIpc) is 2.38. The Morgan fingerprint density at radius 3 is 2.67 bits per heavy atom. The molecule has 0 unspecified atom stereocenters. The van der Waals surface area contributed by atoms with E-state index in [2.05, 4.69) is 5.32 Å². The zero-order valence-corrected chi connectivity index (χ0v) is 11.3. The second-order valence-corrected chi connectivity index (χ2v) is 4.63. The van der Waals surface area contributed by atoms with Crippen molar-refractivity contribution in [3.05, 3.63) is 35.6 Å². The fraction of sp³-hybridized carbons (Fsp3) is 0.571. The molecule has 0 bridgehead atoms. The van der Waals surface area contributed by atoms with Gasteiger partial charge in [0.2, 0.25) is 0 Å². The van der Waals surface area contributed by atoms with Crippen LogP contribution in [0.2, 0.25) is 0 Å². The first kappa shape index (κ1) is 15.4. The molecule has 0 saturated carbocycles. The lowest BCUT2D eigenvalue weighted by molar-refractivity contribution is 0.101. The summed E-state index contributed by atoms with van der Waals surface area (Å²) in [6.45, 7) is 3.37. The lowest BCUT2D eigenvalue weighted by atomic mass is 9.95. The molecule has 0 amide bonds. The largest absolute Gasteiger partial charge is 0.377 e. The summed E-state index contributed by atoms with van der Waals surface area (Å²) in [5, 5.41) is 3.35. The van der Waals surface area contributed by atoms with Gasteiger partial charge in [-0.2, -0.15) is 0 Å². The van der Waals surface area contributed by atoms with Crippen LogP contribution >= 0.6 is 12.4 Å². The molecular formula is C14H21ClFNO. The quantitative estimate of drug-likeness (QED) is 0.832. The molecule has 2 rings (SSSR count). The van der Waals surface area contributed by atoms with Gasteiger partial charge < -0.3 is 10.1 Å². The maximum Gasteiger partial charge on any atom is 0.128 e. The third-order valence-corrected chi connectivity index (χ3v) is 3.34. The monoisotopic (exact) mass is 273 g/mol. The van der Waals surface area contributed by atoms with E-state index in [1.54, 1.807) is 12.1 Å². The van der Waals surface area contributed by atoms with Gasteiger partial charge in [-0.3, -0.25) is 0 Å². The van der Waals surface area contributed by atoms with Crippen LogP contribution < -0.4 is 5.32 Å². The molecule has 18 heavy (non-hydrogen) atoms. The predicted octanol–water partition coefficient (Wildman–Crippen LogP) is 3.15. The highest BCUT2D eigenvalue weighted by molar-refractivity contribution is 5.85. The van der Waals surface area contributed by atoms with Crippen molar-refractivity contribution < 1.29 is 9.13 Å². The first-order valence-corrected chi connectivity index (χ1v) is 6.38. The molecule has 1 saturated heterocycles. The molecule has 1 N–H and O–H groups in total. The summed E-state index contributed by atoms with van der Waals surface area (Å²) >= 11 is 0. The molecule has 1 aromatic rings. The minimum absolute atomic E-state index is 0. The maximum absolute atomic E-state index is 13.3. The second-order valence-electron chi connectivity index (χ2n) is 4.63. The molecule has 1 fully saturated rings. The third kappa shape index (κ3) is 4.92. The van der Waals surface area contributed by atoms with Gasteiger partial charge in [0.25, 0.3) is 0 Å². The van der Waals surface area contributed by atoms with Crippen LogP contribution in [-0.4, -0.2) is 19.7 Å². The van der Waals surface area contributed by atoms with Gasteiger partial charge in [0.15, 0.2) is 0 Å².